The van der Waals surface area contributed by atoms with Gasteiger partial charge in [0, 0.05) is 18.1 Å². The van der Waals surface area contributed by atoms with Crippen LogP contribution in [0, 0.1) is 0 Å². The monoisotopic (exact) mass is 351 g/mol. The molecule has 1 aromatic carbocycles. The normalized spacial score (nSPS) is 14.6. The third-order valence-corrected chi connectivity index (χ3v) is 4.06. The second-order valence-electron chi connectivity index (χ2n) is 5.08. The topological polar surface area (TPSA) is 54.5 Å². The van der Waals surface area contributed by atoms with E-state index in [0.717, 1.165) is 18.9 Å². The van der Waals surface area contributed by atoms with E-state index < -0.39 is 0 Å². The molecule has 0 bridgehead atoms. The van der Waals surface area contributed by atoms with Gasteiger partial charge in [-0.05, 0) is 30.3 Å². The highest BCUT2D eigenvalue weighted by molar-refractivity contribution is 6.37. The second-order valence-corrected chi connectivity index (χ2v) is 5.93. The zero-order valence-corrected chi connectivity index (χ0v) is 13.8. The summed E-state index contributed by atoms with van der Waals surface area (Å²) in [6.45, 7) is 3.04. The number of aromatic nitrogens is 1. The van der Waals surface area contributed by atoms with Crippen molar-refractivity contribution in [3.63, 3.8) is 0 Å². The molecule has 0 spiro atoms. The number of carbonyl (C=O) groups excluding carboxylic acids is 1. The Morgan fingerprint density at radius 1 is 1.17 bits per heavy atom. The van der Waals surface area contributed by atoms with Gasteiger partial charge in [-0.25, -0.2) is 4.98 Å². The summed E-state index contributed by atoms with van der Waals surface area (Å²) in [5.74, 6) is 0.573. The molecule has 5 nitrogen and oxygen atoms in total. The molecule has 0 unspecified atom stereocenters. The molecule has 0 atom stereocenters. The molecule has 0 saturated carbocycles. The predicted octanol–water partition coefficient (Wildman–Crippen LogP) is 3.48. The highest BCUT2D eigenvalue weighted by atomic mass is 35.5. The SMILES string of the molecule is O=C(Nc1ccc(N2CCOCC2)nc1)c1ccc(Cl)cc1Cl. The van der Waals surface area contributed by atoms with Crippen LogP contribution in [-0.4, -0.2) is 37.2 Å². The molecule has 1 aliphatic heterocycles. The molecule has 7 heteroatoms. The van der Waals surface area contributed by atoms with Gasteiger partial charge in [0.2, 0.25) is 0 Å². The van der Waals surface area contributed by atoms with Gasteiger partial charge >= 0.3 is 0 Å². The summed E-state index contributed by atoms with van der Waals surface area (Å²) in [7, 11) is 0. The fraction of sp³-hybridized carbons (Fsp3) is 0.250. The van der Waals surface area contributed by atoms with Crippen molar-refractivity contribution in [3.05, 3.63) is 52.1 Å². The van der Waals surface area contributed by atoms with E-state index >= 15 is 0 Å². The predicted molar refractivity (Wildman–Crippen MR) is 91.7 cm³/mol. The minimum atomic E-state index is -0.299. The van der Waals surface area contributed by atoms with Crippen LogP contribution in [0.1, 0.15) is 10.4 Å². The van der Waals surface area contributed by atoms with E-state index in [4.69, 9.17) is 27.9 Å². The Bertz CT molecular complexity index is 701. The van der Waals surface area contributed by atoms with Crippen LogP contribution in [0.25, 0.3) is 0 Å². The summed E-state index contributed by atoms with van der Waals surface area (Å²) in [6, 6.07) is 8.46. The Labute approximate surface area is 144 Å². The molecule has 1 aliphatic rings. The van der Waals surface area contributed by atoms with Crippen LogP contribution in [0.4, 0.5) is 11.5 Å². The molecule has 1 saturated heterocycles. The highest BCUT2D eigenvalue weighted by Crippen LogP contribution is 2.22. The largest absolute Gasteiger partial charge is 0.378 e. The van der Waals surface area contributed by atoms with E-state index in [2.05, 4.69) is 15.2 Å². The number of nitrogens with zero attached hydrogens (tertiary/aromatic N) is 2. The van der Waals surface area contributed by atoms with Crippen molar-refractivity contribution < 1.29 is 9.53 Å². The zero-order chi connectivity index (χ0) is 16.2. The standard InChI is InChI=1S/C16H15Cl2N3O2/c17-11-1-3-13(14(18)9-11)16(22)20-12-2-4-15(19-10-12)21-5-7-23-8-6-21/h1-4,9-10H,5-8H2,(H,20,22). The molecule has 1 fully saturated rings. The van der Waals surface area contributed by atoms with Gasteiger partial charge in [0.25, 0.3) is 5.91 Å². The number of halogens is 2. The number of anilines is 2. The summed E-state index contributed by atoms with van der Waals surface area (Å²) in [4.78, 5) is 18.8. The van der Waals surface area contributed by atoms with Crippen LogP contribution in [0.15, 0.2) is 36.5 Å². The third-order valence-electron chi connectivity index (χ3n) is 3.52. The number of nitrogens with one attached hydrogen (secondary N) is 1. The number of hydrogen-bond donors (Lipinski definition) is 1. The van der Waals surface area contributed by atoms with Crippen molar-refractivity contribution in [1.29, 1.82) is 0 Å². The minimum Gasteiger partial charge on any atom is -0.378 e. The fourth-order valence-electron chi connectivity index (χ4n) is 2.31. The van der Waals surface area contributed by atoms with E-state index in [1.165, 1.54) is 6.07 Å². The zero-order valence-electron chi connectivity index (χ0n) is 12.3. The van der Waals surface area contributed by atoms with Crippen molar-refractivity contribution in [1.82, 2.24) is 4.98 Å². The molecular weight excluding hydrogens is 337 g/mol. The summed E-state index contributed by atoms with van der Waals surface area (Å²) < 4.78 is 5.32. The van der Waals surface area contributed by atoms with Gasteiger partial charge in [-0.15, -0.1) is 0 Å². The van der Waals surface area contributed by atoms with Crippen LogP contribution in [0.3, 0.4) is 0 Å². The fourth-order valence-corrected chi connectivity index (χ4v) is 2.81. The van der Waals surface area contributed by atoms with Gasteiger partial charge in [-0.2, -0.15) is 0 Å². The maximum absolute atomic E-state index is 12.2. The van der Waals surface area contributed by atoms with E-state index in [0.29, 0.717) is 34.5 Å². The molecule has 3 rings (SSSR count). The summed E-state index contributed by atoms with van der Waals surface area (Å²) >= 11 is 11.9. The van der Waals surface area contributed by atoms with Gasteiger partial charge in [0.15, 0.2) is 0 Å². The lowest BCUT2D eigenvalue weighted by molar-refractivity contribution is 0.102. The molecule has 1 N–H and O–H groups in total. The smallest absolute Gasteiger partial charge is 0.257 e. The lowest BCUT2D eigenvalue weighted by atomic mass is 10.2. The molecule has 120 valence electrons. The number of rotatable bonds is 3. The van der Waals surface area contributed by atoms with Crippen LogP contribution in [-0.2, 0) is 4.74 Å². The summed E-state index contributed by atoms with van der Waals surface area (Å²) in [5.41, 5.74) is 0.978. The minimum absolute atomic E-state index is 0.299. The first-order chi connectivity index (χ1) is 11.1. The molecule has 2 heterocycles. The van der Waals surface area contributed by atoms with Gasteiger partial charge in [-0.1, -0.05) is 23.2 Å². The quantitative estimate of drug-likeness (QED) is 0.919. The van der Waals surface area contributed by atoms with Gasteiger partial charge in [-0.3, -0.25) is 4.79 Å². The average molecular weight is 352 g/mol. The maximum atomic E-state index is 12.2. The number of morpholine rings is 1. The van der Waals surface area contributed by atoms with E-state index in [1.54, 1.807) is 18.3 Å². The van der Waals surface area contributed by atoms with Crippen molar-refractivity contribution in [3.8, 4) is 0 Å². The first-order valence-corrected chi connectivity index (χ1v) is 7.94. The van der Waals surface area contributed by atoms with Crippen molar-refractivity contribution in [2.75, 3.05) is 36.5 Å². The van der Waals surface area contributed by atoms with Crippen LogP contribution < -0.4 is 10.2 Å². The molecule has 0 radical (unpaired) electrons. The molecular formula is C16H15Cl2N3O2. The molecule has 1 amide bonds. The molecule has 0 aliphatic carbocycles. The lowest BCUT2D eigenvalue weighted by Gasteiger charge is -2.27. The Hall–Kier alpha value is -1.82. The molecule has 2 aromatic rings. The van der Waals surface area contributed by atoms with Crippen molar-refractivity contribution >= 4 is 40.6 Å². The Kier molecular flexibility index (Phi) is 5.00. The number of ether oxygens (including phenoxy) is 1. The van der Waals surface area contributed by atoms with Gasteiger partial charge in [0.1, 0.15) is 5.82 Å². The van der Waals surface area contributed by atoms with Crippen molar-refractivity contribution in [2.45, 2.75) is 0 Å². The maximum Gasteiger partial charge on any atom is 0.257 e. The van der Waals surface area contributed by atoms with E-state index in [9.17, 15) is 4.79 Å². The average Bonchev–Trinajstić information content (AvgIpc) is 2.56. The highest BCUT2D eigenvalue weighted by Gasteiger charge is 2.14. The van der Waals surface area contributed by atoms with E-state index in [-0.39, 0.29) is 5.91 Å². The van der Waals surface area contributed by atoms with Crippen molar-refractivity contribution in [2.24, 2.45) is 0 Å². The second kappa shape index (κ2) is 7.17. The Morgan fingerprint density at radius 3 is 2.61 bits per heavy atom. The number of amides is 1. The summed E-state index contributed by atoms with van der Waals surface area (Å²) in [6.07, 6.45) is 1.63. The van der Waals surface area contributed by atoms with Gasteiger partial charge in [0.05, 0.1) is 35.7 Å². The van der Waals surface area contributed by atoms with Gasteiger partial charge < -0.3 is 15.0 Å². The lowest BCUT2D eigenvalue weighted by Crippen LogP contribution is -2.36. The van der Waals surface area contributed by atoms with Crippen LogP contribution >= 0.6 is 23.2 Å². The number of benzene rings is 1. The Balaban J connectivity index is 1.69. The van der Waals surface area contributed by atoms with Crippen LogP contribution in [0.5, 0.6) is 0 Å². The molecule has 23 heavy (non-hydrogen) atoms. The first kappa shape index (κ1) is 16.1. The third kappa shape index (κ3) is 3.93. The molecule has 1 aromatic heterocycles. The number of pyridine rings is 1. The van der Waals surface area contributed by atoms with E-state index in [1.807, 2.05) is 12.1 Å². The Morgan fingerprint density at radius 2 is 1.96 bits per heavy atom. The number of carbonyl (C=O) groups is 1. The number of hydrogen-bond acceptors (Lipinski definition) is 4. The van der Waals surface area contributed by atoms with Crippen LogP contribution in [0.2, 0.25) is 10.0 Å². The summed E-state index contributed by atoms with van der Waals surface area (Å²) in [5, 5.41) is 3.58. The first-order valence-electron chi connectivity index (χ1n) is 7.18.